The lowest BCUT2D eigenvalue weighted by Crippen LogP contribution is -2.31. The van der Waals surface area contributed by atoms with E-state index in [9.17, 15) is 4.79 Å². The Bertz CT molecular complexity index is 555. The minimum absolute atomic E-state index is 0.314. The van der Waals surface area contributed by atoms with Crippen LogP contribution in [0, 0.1) is 6.92 Å². The van der Waals surface area contributed by atoms with Gasteiger partial charge < -0.3 is 4.57 Å². The van der Waals surface area contributed by atoms with E-state index in [1.807, 2.05) is 26.0 Å². The summed E-state index contributed by atoms with van der Waals surface area (Å²) in [5.74, 6) is 0.314. The summed E-state index contributed by atoms with van der Waals surface area (Å²) in [5.41, 5.74) is 6.79. The standard InChI is InChI=1S/C19H31N3O/c1-6-8-9-10-11-17-14-18(15-21(5)20-4)22(16(17)3)13-12-19(23)7-2/h8-11,14,20H,6-7,12-13,15H2,1-5H3/b9-8+,11-10-. The van der Waals surface area contributed by atoms with E-state index in [0.717, 1.165) is 19.5 Å². The van der Waals surface area contributed by atoms with Crippen molar-refractivity contribution < 1.29 is 4.79 Å². The van der Waals surface area contributed by atoms with E-state index in [1.165, 1.54) is 17.0 Å². The summed E-state index contributed by atoms with van der Waals surface area (Å²) < 4.78 is 2.27. The van der Waals surface area contributed by atoms with Crippen LogP contribution in [-0.4, -0.2) is 29.5 Å². The number of hydrogen-bond donors (Lipinski definition) is 1. The van der Waals surface area contributed by atoms with Crippen LogP contribution in [0.25, 0.3) is 6.08 Å². The summed E-state index contributed by atoms with van der Waals surface area (Å²) >= 11 is 0. The lowest BCUT2D eigenvalue weighted by atomic mass is 10.2. The highest BCUT2D eigenvalue weighted by Gasteiger charge is 2.12. The first kappa shape index (κ1) is 19.4. The predicted octanol–water partition coefficient (Wildman–Crippen LogP) is 3.71. The third-order valence-electron chi connectivity index (χ3n) is 4.04. The van der Waals surface area contributed by atoms with Crippen LogP contribution >= 0.6 is 0 Å². The maximum absolute atomic E-state index is 11.7. The van der Waals surface area contributed by atoms with Gasteiger partial charge in [0.1, 0.15) is 5.78 Å². The second kappa shape index (κ2) is 10.2. The van der Waals surface area contributed by atoms with Gasteiger partial charge in [-0.15, -0.1) is 0 Å². The molecule has 0 radical (unpaired) electrons. The molecule has 0 unspecified atom stereocenters. The summed E-state index contributed by atoms with van der Waals surface area (Å²) in [6.45, 7) is 7.74. The Morgan fingerprint density at radius 2 is 2.09 bits per heavy atom. The molecule has 0 aliphatic heterocycles. The van der Waals surface area contributed by atoms with Gasteiger partial charge in [0, 0.05) is 37.8 Å². The summed E-state index contributed by atoms with van der Waals surface area (Å²) in [7, 11) is 3.93. The topological polar surface area (TPSA) is 37.3 Å². The van der Waals surface area contributed by atoms with E-state index in [0.29, 0.717) is 18.6 Å². The number of ketones is 1. The summed E-state index contributed by atoms with van der Waals surface area (Å²) in [6, 6.07) is 2.22. The number of aromatic nitrogens is 1. The van der Waals surface area contributed by atoms with E-state index >= 15 is 0 Å². The molecule has 1 rings (SSSR count). The molecule has 4 nitrogen and oxygen atoms in total. The number of carbonyl (C=O) groups is 1. The fourth-order valence-electron chi connectivity index (χ4n) is 2.45. The molecule has 0 aliphatic rings. The Morgan fingerprint density at radius 1 is 1.35 bits per heavy atom. The first-order valence-electron chi connectivity index (χ1n) is 8.45. The minimum atomic E-state index is 0.314. The molecule has 0 saturated carbocycles. The van der Waals surface area contributed by atoms with Crippen molar-refractivity contribution in [1.82, 2.24) is 15.0 Å². The van der Waals surface area contributed by atoms with Gasteiger partial charge in [-0.3, -0.25) is 10.2 Å². The Labute approximate surface area is 140 Å². The zero-order chi connectivity index (χ0) is 17.2. The predicted molar refractivity (Wildman–Crippen MR) is 98.1 cm³/mol. The fraction of sp³-hybridized carbons (Fsp3) is 0.526. The number of allylic oxidation sites excluding steroid dienone is 3. The molecule has 0 saturated heterocycles. The van der Waals surface area contributed by atoms with Crippen LogP contribution < -0.4 is 5.43 Å². The van der Waals surface area contributed by atoms with Crippen LogP contribution in [-0.2, 0) is 17.9 Å². The number of hydrazine groups is 1. The van der Waals surface area contributed by atoms with Crippen LogP contribution in [0.2, 0.25) is 0 Å². The molecular weight excluding hydrogens is 286 g/mol. The van der Waals surface area contributed by atoms with Crippen molar-refractivity contribution in [1.29, 1.82) is 0 Å². The molecule has 4 heteroatoms. The lowest BCUT2D eigenvalue weighted by molar-refractivity contribution is -0.118. The van der Waals surface area contributed by atoms with Crippen LogP contribution in [0.5, 0.6) is 0 Å². The van der Waals surface area contributed by atoms with Crippen LogP contribution in [0.15, 0.2) is 24.3 Å². The molecule has 0 aromatic carbocycles. The van der Waals surface area contributed by atoms with Crippen molar-refractivity contribution >= 4 is 11.9 Å². The third-order valence-corrected chi connectivity index (χ3v) is 4.04. The molecular formula is C19H31N3O. The Balaban J connectivity index is 3.02. The monoisotopic (exact) mass is 317 g/mol. The summed E-state index contributed by atoms with van der Waals surface area (Å²) in [5, 5.41) is 2.04. The molecule has 128 valence electrons. The van der Waals surface area contributed by atoms with E-state index < -0.39 is 0 Å². The van der Waals surface area contributed by atoms with Gasteiger partial charge in [-0.2, -0.15) is 0 Å². The lowest BCUT2D eigenvalue weighted by Gasteiger charge is -2.17. The highest BCUT2D eigenvalue weighted by molar-refractivity contribution is 5.77. The molecule has 1 N–H and O–H groups in total. The number of nitrogens with zero attached hydrogens (tertiary/aromatic N) is 2. The van der Waals surface area contributed by atoms with Gasteiger partial charge in [0.25, 0.3) is 0 Å². The fourth-order valence-corrected chi connectivity index (χ4v) is 2.45. The molecule has 0 spiro atoms. The minimum Gasteiger partial charge on any atom is -0.347 e. The molecule has 0 bridgehead atoms. The van der Waals surface area contributed by atoms with E-state index in [4.69, 9.17) is 0 Å². The van der Waals surface area contributed by atoms with Gasteiger partial charge in [-0.05, 0) is 32.0 Å². The maximum Gasteiger partial charge on any atom is 0.134 e. The Morgan fingerprint density at radius 3 is 2.70 bits per heavy atom. The first-order chi connectivity index (χ1) is 11.0. The number of rotatable bonds is 10. The van der Waals surface area contributed by atoms with Gasteiger partial charge in [-0.25, -0.2) is 5.01 Å². The average Bonchev–Trinajstić information content (AvgIpc) is 2.84. The zero-order valence-corrected chi connectivity index (χ0v) is 15.2. The highest BCUT2D eigenvalue weighted by Crippen LogP contribution is 2.19. The van der Waals surface area contributed by atoms with Crippen LogP contribution in [0.4, 0.5) is 0 Å². The number of Topliss-reactive ketones (excluding diaryl/α,β-unsaturated/α-hetero) is 1. The van der Waals surface area contributed by atoms with Gasteiger partial charge in [0.2, 0.25) is 0 Å². The normalized spacial score (nSPS) is 12.1. The number of hydrogen-bond acceptors (Lipinski definition) is 3. The van der Waals surface area contributed by atoms with Crippen molar-refractivity contribution in [3.8, 4) is 0 Å². The van der Waals surface area contributed by atoms with Gasteiger partial charge >= 0.3 is 0 Å². The van der Waals surface area contributed by atoms with E-state index in [2.05, 4.69) is 54.2 Å². The zero-order valence-electron chi connectivity index (χ0n) is 15.2. The van der Waals surface area contributed by atoms with Crippen LogP contribution in [0.1, 0.15) is 50.1 Å². The largest absolute Gasteiger partial charge is 0.347 e. The molecule has 0 atom stereocenters. The van der Waals surface area contributed by atoms with E-state index in [1.54, 1.807) is 0 Å². The highest BCUT2D eigenvalue weighted by atomic mass is 16.1. The van der Waals surface area contributed by atoms with Crippen molar-refractivity contribution in [2.75, 3.05) is 14.1 Å². The second-order valence-corrected chi connectivity index (χ2v) is 5.75. The molecule has 23 heavy (non-hydrogen) atoms. The van der Waals surface area contributed by atoms with Gasteiger partial charge in [0.15, 0.2) is 0 Å². The number of nitrogens with one attached hydrogen (secondary N) is 1. The molecule has 0 amide bonds. The summed E-state index contributed by atoms with van der Waals surface area (Å²) in [4.78, 5) is 11.7. The molecule has 1 heterocycles. The molecule has 1 aromatic heterocycles. The Kier molecular flexibility index (Phi) is 8.59. The molecule has 0 aliphatic carbocycles. The van der Waals surface area contributed by atoms with Crippen LogP contribution in [0.3, 0.4) is 0 Å². The van der Waals surface area contributed by atoms with Crippen molar-refractivity contribution in [2.24, 2.45) is 0 Å². The van der Waals surface area contributed by atoms with Crippen molar-refractivity contribution in [3.05, 3.63) is 41.2 Å². The SMILES string of the molecule is CC/C=C/C=C\c1cc(CN(C)NC)n(CCC(=O)CC)c1C. The van der Waals surface area contributed by atoms with Gasteiger partial charge in [-0.1, -0.05) is 38.2 Å². The molecule has 0 fully saturated rings. The third kappa shape index (κ3) is 6.16. The van der Waals surface area contributed by atoms with Crippen molar-refractivity contribution in [3.63, 3.8) is 0 Å². The summed E-state index contributed by atoms with van der Waals surface area (Å²) in [6.07, 6.45) is 10.7. The molecule has 1 aromatic rings. The number of carbonyl (C=O) groups excluding carboxylic acids is 1. The second-order valence-electron chi connectivity index (χ2n) is 5.75. The van der Waals surface area contributed by atoms with E-state index in [-0.39, 0.29) is 0 Å². The first-order valence-corrected chi connectivity index (χ1v) is 8.45. The quantitative estimate of drug-likeness (QED) is 0.528. The smallest absolute Gasteiger partial charge is 0.134 e. The van der Waals surface area contributed by atoms with Gasteiger partial charge in [0.05, 0.1) is 6.54 Å². The maximum atomic E-state index is 11.7. The van der Waals surface area contributed by atoms with Crippen molar-refractivity contribution in [2.45, 2.75) is 53.1 Å². The average molecular weight is 317 g/mol. The Hall–Kier alpha value is -1.65.